The van der Waals surface area contributed by atoms with Crippen molar-refractivity contribution < 1.29 is 4.74 Å². The zero-order valence-electron chi connectivity index (χ0n) is 12.6. The van der Waals surface area contributed by atoms with Crippen LogP contribution in [0.2, 0.25) is 5.02 Å². The van der Waals surface area contributed by atoms with Gasteiger partial charge < -0.3 is 10.1 Å². The molecule has 2 nitrogen and oxygen atoms in total. The van der Waals surface area contributed by atoms with Crippen molar-refractivity contribution in [2.24, 2.45) is 5.92 Å². The molecule has 0 saturated heterocycles. The van der Waals surface area contributed by atoms with Crippen LogP contribution in [0.5, 0.6) is 5.75 Å². The number of halogens is 1. The molecule has 0 aliphatic carbocycles. The maximum Gasteiger partial charge on any atom is 0.121 e. The van der Waals surface area contributed by atoms with Gasteiger partial charge in [-0.25, -0.2) is 0 Å². The van der Waals surface area contributed by atoms with Crippen LogP contribution in [0, 0.1) is 5.92 Å². The molecule has 0 aromatic heterocycles. The molecule has 0 amide bonds. The standard InChI is InChI=1S/C18H22ClNO/c1-14(2)13-21-18-5-3-4-17(12-18)20-11-10-15-6-8-16(19)9-7-15/h3-9,12,14,20H,10-11,13H2,1-2H3. The summed E-state index contributed by atoms with van der Waals surface area (Å²) in [5, 5.41) is 4.20. The summed E-state index contributed by atoms with van der Waals surface area (Å²) >= 11 is 5.88. The lowest BCUT2D eigenvalue weighted by Crippen LogP contribution is -2.06. The first-order chi connectivity index (χ1) is 10.1. The molecule has 0 bridgehead atoms. The van der Waals surface area contributed by atoms with Crippen LogP contribution in [-0.4, -0.2) is 13.2 Å². The number of benzene rings is 2. The van der Waals surface area contributed by atoms with Gasteiger partial charge in [0.25, 0.3) is 0 Å². The van der Waals surface area contributed by atoms with Crippen molar-refractivity contribution in [3.63, 3.8) is 0 Å². The highest BCUT2D eigenvalue weighted by Crippen LogP contribution is 2.18. The lowest BCUT2D eigenvalue weighted by molar-refractivity contribution is 0.271. The Morgan fingerprint density at radius 3 is 2.57 bits per heavy atom. The molecule has 0 atom stereocenters. The van der Waals surface area contributed by atoms with Gasteiger partial charge in [-0.1, -0.05) is 43.6 Å². The molecule has 2 aromatic carbocycles. The predicted molar refractivity (Wildman–Crippen MR) is 90.4 cm³/mol. The van der Waals surface area contributed by atoms with Crippen molar-refractivity contribution in [1.29, 1.82) is 0 Å². The summed E-state index contributed by atoms with van der Waals surface area (Å²) in [6.45, 7) is 5.92. The summed E-state index contributed by atoms with van der Waals surface area (Å²) < 4.78 is 5.73. The normalized spacial score (nSPS) is 10.7. The predicted octanol–water partition coefficient (Wildman–Crippen LogP) is 5.03. The van der Waals surface area contributed by atoms with Gasteiger partial charge >= 0.3 is 0 Å². The van der Waals surface area contributed by atoms with Crippen molar-refractivity contribution in [2.45, 2.75) is 20.3 Å². The Morgan fingerprint density at radius 1 is 1.10 bits per heavy atom. The smallest absolute Gasteiger partial charge is 0.121 e. The fraction of sp³-hybridized carbons (Fsp3) is 0.333. The second-order valence-electron chi connectivity index (χ2n) is 5.54. The Kier molecular flexibility index (Phi) is 5.94. The van der Waals surface area contributed by atoms with Gasteiger partial charge in [0, 0.05) is 23.3 Å². The number of hydrogen-bond acceptors (Lipinski definition) is 2. The van der Waals surface area contributed by atoms with Crippen LogP contribution in [0.1, 0.15) is 19.4 Å². The lowest BCUT2D eigenvalue weighted by atomic mass is 10.1. The SMILES string of the molecule is CC(C)COc1cccc(NCCc2ccc(Cl)cc2)c1. The molecule has 0 spiro atoms. The third-order valence-electron chi connectivity index (χ3n) is 3.07. The van der Waals surface area contributed by atoms with E-state index in [0.29, 0.717) is 5.92 Å². The maximum absolute atomic E-state index is 5.88. The molecule has 1 N–H and O–H groups in total. The minimum Gasteiger partial charge on any atom is -0.493 e. The third-order valence-corrected chi connectivity index (χ3v) is 3.33. The van der Waals surface area contributed by atoms with Gasteiger partial charge in [0.2, 0.25) is 0 Å². The Bertz CT molecular complexity index is 551. The van der Waals surface area contributed by atoms with E-state index in [-0.39, 0.29) is 0 Å². The second-order valence-corrected chi connectivity index (χ2v) is 5.97. The van der Waals surface area contributed by atoms with Gasteiger partial charge in [-0.05, 0) is 42.2 Å². The molecule has 0 aliphatic heterocycles. The molecule has 2 rings (SSSR count). The van der Waals surface area contributed by atoms with E-state index < -0.39 is 0 Å². The minimum atomic E-state index is 0.534. The van der Waals surface area contributed by atoms with Crippen molar-refractivity contribution in [3.8, 4) is 5.75 Å². The first-order valence-electron chi connectivity index (χ1n) is 7.34. The zero-order chi connectivity index (χ0) is 15.1. The Hall–Kier alpha value is -1.67. The zero-order valence-corrected chi connectivity index (χ0v) is 13.4. The van der Waals surface area contributed by atoms with Gasteiger partial charge in [-0.3, -0.25) is 0 Å². The summed E-state index contributed by atoms with van der Waals surface area (Å²) in [5.74, 6) is 1.45. The van der Waals surface area contributed by atoms with Crippen molar-refractivity contribution in [2.75, 3.05) is 18.5 Å². The maximum atomic E-state index is 5.88. The van der Waals surface area contributed by atoms with Crippen LogP contribution in [0.15, 0.2) is 48.5 Å². The topological polar surface area (TPSA) is 21.3 Å². The molecular weight excluding hydrogens is 282 g/mol. The van der Waals surface area contributed by atoms with Gasteiger partial charge in [0.15, 0.2) is 0 Å². The number of hydrogen-bond donors (Lipinski definition) is 1. The van der Waals surface area contributed by atoms with Gasteiger partial charge in [0.1, 0.15) is 5.75 Å². The highest BCUT2D eigenvalue weighted by molar-refractivity contribution is 6.30. The lowest BCUT2D eigenvalue weighted by Gasteiger charge is -2.11. The first kappa shape index (κ1) is 15.7. The molecule has 0 unspecified atom stereocenters. The van der Waals surface area contributed by atoms with E-state index in [1.165, 1.54) is 5.56 Å². The van der Waals surface area contributed by atoms with Gasteiger partial charge in [-0.15, -0.1) is 0 Å². The molecular formula is C18H22ClNO. The molecule has 0 heterocycles. The van der Waals surface area contributed by atoms with Crippen molar-refractivity contribution in [3.05, 3.63) is 59.1 Å². The Balaban J connectivity index is 1.82. The van der Waals surface area contributed by atoms with Gasteiger partial charge in [-0.2, -0.15) is 0 Å². The highest BCUT2D eigenvalue weighted by atomic mass is 35.5. The first-order valence-corrected chi connectivity index (χ1v) is 7.72. The summed E-state index contributed by atoms with van der Waals surface area (Å²) in [4.78, 5) is 0. The van der Waals surface area contributed by atoms with Crippen molar-refractivity contribution >= 4 is 17.3 Å². The molecule has 2 aromatic rings. The Labute approximate surface area is 132 Å². The molecule has 0 radical (unpaired) electrons. The third kappa shape index (κ3) is 5.68. The fourth-order valence-electron chi connectivity index (χ4n) is 1.96. The van der Waals surface area contributed by atoms with Crippen LogP contribution < -0.4 is 10.1 Å². The number of nitrogens with one attached hydrogen (secondary N) is 1. The monoisotopic (exact) mass is 303 g/mol. The molecule has 0 aliphatic rings. The number of ether oxygens (including phenoxy) is 1. The Morgan fingerprint density at radius 2 is 1.86 bits per heavy atom. The van der Waals surface area contributed by atoms with Crippen LogP contribution in [0.25, 0.3) is 0 Å². The van der Waals surface area contributed by atoms with E-state index in [4.69, 9.17) is 16.3 Å². The van der Waals surface area contributed by atoms with Gasteiger partial charge in [0.05, 0.1) is 6.61 Å². The van der Waals surface area contributed by atoms with E-state index in [0.717, 1.165) is 36.0 Å². The second kappa shape index (κ2) is 7.94. The summed E-state index contributed by atoms with van der Waals surface area (Å²) in [5.41, 5.74) is 2.37. The number of rotatable bonds is 7. The van der Waals surface area contributed by atoms with E-state index in [1.807, 2.05) is 30.3 Å². The highest BCUT2D eigenvalue weighted by Gasteiger charge is 1.99. The van der Waals surface area contributed by atoms with Crippen LogP contribution in [0.4, 0.5) is 5.69 Å². The van der Waals surface area contributed by atoms with Crippen LogP contribution >= 0.6 is 11.6 Å². The van der Waals surface area contributed by atoms with E-state index in [9.17, 15) is 0 Å². The fourth-order valence-corrected chi connectivity index (χ4v) is 2.09. The van der Waals surface area contributed by atoms with E-state index in [2.05, 4.69) is 37.4 Å². The quantitative estimate of drug-likeness (QED) is 0.774. The molecule has 0 saturated carbocycles. The minimum absolute atomic E-state index is 0.534. The number of anilines is 1. The molecule has 0 fully saturated rings. The van der Waals surface area contributed by atoms with Crippen LogP contribution in [-0.2, 0) is 6.42 Å². The summed E-state index contributed by atoms with van der Waals surface area (Å²) in [6.07, 6.45) is 0.967. The summed E-state index contributed by atoms with van der Waals surface area (Å²) in [6, 6.07) is 16.1. The average molecular weight is 304 g/mol. The molecule has 21 heavy (non-hydrogen) atoms. The molecule has 112 valence electrons. The molecule has 3 heteroatoms. The van der Waals surface area contributed by atoms with E-state index in [1.54, 1.807) is 0 Å². The average Bonchev–Trinajstić information content (AvgIpc) is 2.48. The van der Waals surface area contributed by atoms with Crippen molar-refractivity contribution in [1.82, 2.24) is 0 Å². The van der Waals surface area contributed by atoms with Crippen LogP contribution in [0.3, 0.4) is 0 Å². The van der Waals surface area contributed by atoms with E-state index >= 15 is 0 Å². The largest absolute Gasteiger partial charge is 0.493 e. The summed E-state index contributed by atoms with van der Waals surface area (Å²) in [7, 11) is 0.